The van der Waals surface area contributed by atoms with Gasteiger partial charge in [0.2, 0.25) is 0 Å². The van der Waals surface area contributed by atoms with Gasteiger partial charge in [-0.2, -0.15) is 0 Å². The molecule has 1 aliphatic rings. The van der Waals surface area contributed by atoms with Gasteiger partial charge in [-0.1, -0.05) is 12.8 Å². The molecule has 3 rings (SSSR count). The Morgan fingerprint density at radius 2 is 1.62 bits per heavy atom. The molecule has 0 bridgehead atoms. The number of carbonyl (C=O) groups excluding carboxylic acids is 2. The number of carbonyl (C=O) groups is 2. The van der Waals surface area contributed by atoms with Gasteiger partial charge in [0.15, 0.2) is 12.4 Å². The maximum atomic E-state index is 12.9. The van der Waals surface area contributed by atoms with Crippen molar-refractivity contribution >= 4 is 23.1 Å². The van der Waals surface area contributed by atoms with Crippen LogP contribution in [0.3, 0.4) is 0 Å². The van der Waals surface area contributed by atoms with Crippen LogP contribution < -0.4 is 4.90 Å². The Morgan fingerprint density at radius 3 is 2.24 bits per heavy atom. The minimum Gasteiger partial charge on any atom is -0.454 e. The molecule has 0 atom stereocenters. The van der Waals surface area contributed by atoms with Crippen molar-refractivity contribution in [3.8, 4) is 0 Å². The lowest BCUT2D eigenvalue weighted by Crippen LogP contribution is -2.25. The van der Waals surface area contributed by atoms with Crippen molar-refractivity contribution in [1.29, 1.82) is 0 Å². The number of benzene rings is 2. The van der Waals surface area contributed by atoms with E-state index in [9.17, 15) is 24.1 Å². The highest BCUT2D eigenvalue weighted by molar-refractivity contribution is 5.99. The van der Waals surface area contributed by atoms with Crippen molar-refractivity contribution in [2.75, 3.05) is 24.6 Å². The zero-order valence-electron chi connectivity index (χ0n) is 15.8. The first-order chi connectivity index (χ1) is 14.0. The van der Waals surface area contributed by atoms with Crippen molar-refractivity contribution in [1.82, 2.24) is 0 Å². The predicted octanol–water partition coefficient (Wildman–Crippen LogP) is 4.15. The van der Waals surface area contributed by atoms with E-state index in [1.807, 2.05) is 4.90 Å². The van der Waals surface area contributed by atoms with Crippen LogP contribution in [0.4, 0.5) is 15.8 Å². The van der Waals surface area contributed by atoms with Gasteiger partial charge in [-0.15, -0.1) is 0 Å². The molecule has 0 unspecified atom stereocenters. The van der Waals surface area contributed by atoms with Gasteiger partial charge in [0.1, 0.15) is 11.5 Å². The van der Waals surface area contributed by atoms with E-state index >= 15 is 0 Å². The van der Waals surface area contributed by atoms with E-state index in [1.54, 1.807) is 6.07 Å². The monoisotopic (exact) mass is 400 g/mol. The highest BCUT2D eigenvalue weighted by Crippen LogP contribution is 2.31. The fourth-order valence-corrected chi connectivity index (χ4v) is 3.31. The lowest BCUT2D eigenvalue weighted by atomic mass is 10.1. The second-order valence-corrected chi connectivity index (χ2v) is 6.87. The average Bonchev–Trinajstić information content (AvgIpc) is 3.01. The first kappa shape index (κ1) is 20.4. The Labute approximate surface area is 167 Å². The zero-order valence-corrected chi connectivity index (χ0v) is 15.8. The van der Waals surface area contributed by atoms with E-state index in [-0.39, 0.29) is 16.8 Å². The van der Waals surface area contributed by atoms with Crippen LogP contribution in [0, 0.1) is 15.9 Å². The molecule has 0 aliphatic carbocycles. The highest BCUT2D eigenvalue weighted by Gasteiger charge is 2.23. The van der Waals surface area contributed by atoms with Gasteiger partial charge in [0.25, 0.3) is 5.69 Å². The fourth-order valence-electron chi connectivity index (χ4n) is 3.31. The maximum Gasteiger partial charge on any atom is 0.338 e. The molecule has 1 saturated heterocycles. The summed E-state index contributed by atoms with van der Waals surface area (Å²) in [7, 11) is 0. The molecule has 8 heteroatoms. The number of ketones is 1. The van der Waals surface area contributed by atoms with Gasteiger partial charge < -0.3 is 9.64 Å². The quantitative estimate of drug-likeness (QED) is 0.313. The first-order valence-electron chi connectivity index (χ1n) is 9.45. The van der Waals surface area contributed by atoms with Crippen LogP contribution in [-0.2, 0) is 4.74 Å². The third-order valence-corrected chi connectivity index (χ3v) is 4.86. The summed E-state index contributed by atoms with van der Waals surface area (Å²) in [5, 5.41) is 11.5. The molecule has 152 valence electrons. The fraction of sp³-hybridized carbons (Fsp3) is 0.333. The molecule has 7 nitrogen and oxygen atoms in total. The van der Waals surface area contributed by atoms with E-state index in [0.29, 0.717) is 5.69 Å². The number of anilines is 1. The Kier molecular flexibility index (Phi) is 6.54. The van der Waals surface area contributed by atoms with Crippen LogP contribution in [0.25, 0.3) is 0 Å². The Bertz CT molecular complexity index is 906. The lowest BCUT2D eigenvalue weighted by Gasteiger charge is -2.22. The molecule has 0 amide bonds. The predicted molar refractivity (Wildman–Crippen MR) is 105 cm³/mol. The summed E-state index contributed by atoms with van der Waals surface area (Å²) >= 11 is 0. The zero-order chi connectivity index (χ0) is 20.8. The van der Waals surface area contributed by atoms with E-state index in [0.717, 1.165) is 50.9 Å². The number of hydrogen-bond acceptors (Lipinski definition) is 6. The minimum absolute atomic E-state index is 0.00202. The van der Waals surface area contributed by atoms with Gasteiger partial charge in [0, 0.05) is 24.7 Å². The number of rotatable bonds is 6. The van der Waals surface area contributed by atoms with Crippen molar-refractivity contribution in [3.05, 3.63) is 69.5 Å². The van der Waals surface area contributed by atoms with E-state index in [2.05, 4.69) is 0 Å². The maximum absolute atomic E-state index is 12.9. The molecule has 0 aromatic heterocycles. The number of nitrogens with zero attached hydrogens (tertiary/aromatic N) is 2. The van der Waals surface area contributed by atoms with E-state index in [4.69, 9.17) is 4.74 Å². The summed E-state index contributed by atoms with van der Waals surface area (Å²) in [5.41, 5.74) is 0.533. The van der Waals surface area contributed by atoms with Crippen molar-refractivity contribution in [2.24, 2.45) is 0 Å². The van der Waals surface area contributed by atoms with Crippen LogP contribution in [0.1, 0.15) is 46.4 Å². The molecule has 1 aliphatic heterocycles. The summed E-state index contributed by atoms with van der Waals surface area (Å²) in [5.74, 6) is -1.80. The van der Waals surface area contributed by atoms with Crippen molar-refractivity contribution < 1.29 is 23.6 Å². The summed E-state index contributed by atoms with van der Waals surface area (Å²) in [6.45, 7) is 0.930. The smallest absolute Gasteiger partial charge is 0.338 e. The van der Waals surface area contributed by atoms with Gasteiger partial charge in [-0.3, -0.25) is 14.9 Å². The summed E-state index contributed by atoms with van der Waals surface area (Å²) < 4.78 is 17.9. The third-order valence-electron chi connectivity index (χ3n) is 4.86. The van der Waals surface area contributed by atoms with E-state index in [1.165, 1.54) is 24.3 Å². The first-order valence-corrected chi connectivity index (χ1v) is 9.45. The number of ether oxygens (including phenoxy) is 1. The average molecular weight is 400 g/mol. The molecular weight excluding hydrogens is 379 g/mol. The van der Waals surface area contributed by atoms with Gasteiger partial charge in [-0.05, 0) is 49.2 Å². The molecule has 1 fully saturated rings. The number of Topliss-reactive ketones (excluding diaryl/α,β-unsaturated/α-hetero) is 1. The third kappa shape index (κ3) is 5.16. The largest absolute Gasteiger partial charge is 0.454 e. The minimum atomic E-state index is -0.828. The van der Waals surface area contributed by atoms with Crippen molar-refractivity contribution in [2.45, 2.75) is 25.7 Å². The summed E-state index contributed by atoms with van der Waals surface area (Å²) in [6.07, 6.45) is 4.12. The lowest BCUT2D eigenvalue weighted by molar-refractivity contribution is -0.384. The van der Waals surface area contributed by atoms with Crippen LogP contribution in [-0.4, -0.2) is 36.4 Å². The molecule has 2 aromatic rings. The number of esters is 1. The molecule has 0 N–H and O–H groups in total. The van der Waals surface area contributed by atoms with Gasteiger partial charge >= 0.3 is 5.97 Å². The molecular formula is C21H21FN2O5. The van der Waals surface area contributed by atoms with Crippen molar-refractivity contribution in [3.63, 3.8) is 0 Å². The molecule has 0 saturated carbocycles. The molecule has 0 spiro atoms. The van der Waals surface area contributed by atoms with Crippen LogP contribution >= 0.6 is 0 Å². The standard InChI is InChI=1S/C21H21FN2O5/c22-17-8-5-15(6-9-17)20(25)14-29-21(26)16-7-10-18(19(13-16)24(27)28)23-11-3-1-2-4-12-23/h5-10,13H,1-4,11-12,14H2. The molecule has 0 radical (unpaired) electrons. The summed E-state index contributed by atoms with van der Waals surface area (Å²) in [6, 6.07) is 9.09. The summed E-state index contributed by atoms with van der Waals surface area (Å²) in [4.78, 5) is 37.3. The normalized spacial score (nSPS) is 14.2. The topological polar surface area (TPSA) is 89.8 Å². The number of hydrogen-bond donors (Lipinski definition) is 0. The van der Waals surface area contributed by atoms with Gasteiger partial charge in [-0.25, -0.2) is 9.18 Å². The van der Waals surface area contributed by atoms with Crippen LogP contribution in [0.15, 0.2) is 42.5 Å². The number of nitro benzene ring substituents is 1. The van der Waals surface area contributed by atoms with Crippen LogP contribution in [0.5, 0.6) is 0 Å². The Hall–Kier alpha value is -3.29. The second-order valence-electron chi connectivity index (χ2n) is 6.87. The highest BCUT2D eigenvalue weighted by atomic mass is 19.1. The number of halogens is 1. The van der Waals surface area contributed by atoms with E-state index < -0.39 is 29.1 Å². The van der Waals surface area contributed by atoms with Crippen LogP contribution in [0.2, 0.25) is 0 Å². The Morgan fingerprint density at radius 1 is 1.00 bits per heavy atom. The second kappa shape index (κ2) is 9.27. The molecule has 1 heterocycles. The molecule has 29 heavy (non-hydrogen) atoms. The molecule has 2 aromatic carbocycles. The van der Waals surface area contributed by atoms with Gasteiger partial charge in [0.05, 0.1) is 10.5 Å². The SMILES string of the molecule is O=C(COC(=O)c1ccc(N2CCCCCC2)c([N+](=O)[O-])c1)c1ccc(F)cc1. The number of nitro groups is 1. The Balaban J connectivity index is 1.71.